The first-order valence-electron chi connectivity index (χ1n) is 8.62. The van der Waals surface area contributed by atoms with Gasteiger partial charge in [0, 0.05) is 10.6 Å². The zero-order chi connectivity index (χ0) is 18.8. The third kappa shape index (κ3) is 3.60. The van der Waals surface area contributed by atoms with Crippen LogP contribution in [0.1, 0.15) is 11.1 Å². The van der Waals surface area contributed by atoms with Crippen LogP contribution in [0.2, 0.25) is 5.02 Å². The summed E-state index contributed by atoms with van der Waals surface area (Å²) in [4.78, 5) is 13.1. The zero-order valence-electron chi connectivity index (χ0n) is 14.7. The van der Waals surface area contributed by atoms with Crippen molar-refractivity contribution in [3.05, 3.63) is 99.2 Å². The molecule has 0 atom stereocenters. The molecule has 0 radical (unpaired) electrons. The van der Waals surface area contributed by atoms with Crippen LogP contribution in [0.25, 0.3) is 22.3 Å². The second-order valence-electron chi connectivity index (χ2n) is 6.37. The maximum atomic E-state index is 13.1. The highest BCUT2D eigenvalue weighted by Gasteiger charge is 2.17. The minimum Gasteiger partial charge on any atom is -0.481 e. The predicted molar refractivity (Wildman–Crippen MR) is 108 cm³/mol. The first kappa shape index (κ1) is 17.4. The van der Waals surface area contributed by atoms with Gasteiger partial charge < -0.3 is 9.15 Å². The van der Waals surface area contributed by atoms with E-state index in [9.17, 15) is 4.79 Å². The third-order valence-corrected chi connectivity index (χ3v) is 4.58. The molecule has 0 fully saturated rings. The minimum atomic E-state index is -0.186. The van der Waals surface area contributed by atoms with Crippen molar-refractivity contribution in [2.75, 3.05) is 0 Å². The Morgan fingerprint density at radius 3 is 2.52 bits per heavy atom. The maximum Gasteiger partial charge on any atom is 0.235 e. The molecular formula is C23H17ClO3. The van der Waals surface area contributed by atoms with Crippen LogP contribution in [-0.2, 0) is 6.61 Å². The summed E-state index contributed by atoms with van der Waals surface area (Å²) in [7, 11) is 0. The van der Waals surface area contributed by atoms with E-state index in [-0.39, 0.29) is 17.8 Å². The molecule has 0 aliphatic rings. The first-order valence-corrected chi connectivity index (χ1v) is 9.00. The van der Waals surface area contributed by atoms with Crippen LogP contribution in [0, 0.1) is 6.92 Å². The molecule has 0 aliphatic heterocycles. The molecule has 0 N–H and O–H groups in total. The Kier molecular flexibility index (Phi) is 4.69. The number of hydrogen-bond acceptors (Lipinski definition) is 3. The SMILES string of the molecule is Cc1ccc(-c2oc3ccccc3c(=O)c2OCc2cccc(Cl)c2)cc1. The molecule has 4 heteroatoms. The Hall–Kier alpha value is -3.04. The largest absolute Gasteiger partial charge is 0.481 e. The molecule has 3 nitrogen and oxygen atoms in total. The molecule has 0 spiro atoms. The Labute approximate surface area is 161 Å². The number of para-hydroxylation sites is 1. The van der Waals surface area contributed by atoms with Crippen molar-refractivity contribution in [1.29, 1.82) is 0 Å². The van der Waals surface area contributed by atoms with Crippen molar-refractivity contribution in [2.45, 2.75) is 13.5 Å². The Morgan fingerprint density at radius 1 is 0.963 bits per heavy atom. The fraction of sp³-hybridized carbons (Fsp3) is 0.0870. The van der Waals surface area contributed by atoms with Gasteiger partial charge in [-0.15, -0.1) is 0 Å². The van der Waals surface area contributed by atoms with Gasteiger partial charge in [-0.1, -0.05) is 65.7 Å². The molecule has 0 saturated carbocycles. The van der Waals surface area contributed by atoms with Gasteiger partial charge in [0.15, 0.2) is 5.76 Å². The van der Waals surface area contributed by atoms with Crippen molar-refractivity contribution in [2.24, 2.45) is 0 Å². The van der Waals surface area contributed by atoms with Crippen LogP contribution in [-0.4, -0.2) is 0 Å². The second kappa shape index (κ2) is 7.29. The topological polar surface area (TPSA) is 39.4 Å². The predicted octanol–water partition coefficient (Wildman–Crippen LogP) is 6.00. The van der Waals surface area contributed by atoms with E-state index in [0.717, 1.165) is 16.7 Å². The van der Waals surface area contributed by atoms with Gasteiger partial charge in [0.25, 0.3) is 0 Å². The molecule has 0 unspecified atom stereocenters. The van der Waals surface area contributed by atoms with Crippen LogP contribution < -0.4 is 10.2 Å². The molecule has 0 bridgehead atoms. The Morgan fingerprint density at radius 2 is 1.74 bits per heavy atom. The first-order chi connectivity index (χ1) is 13.1. The third-order valence-electron chi connectivity index (χ3n) is 4.34. The van der Waals surface area contributed by atoms with Crippen LogP contribution in [0.3, 0.4) is 0 Å². The molecule has 1 heterocycles. The fourth-order valence-corrected chi connectivity index (χ4v) is 3.15. The molecule has 27 heavy (non-hydrogen) atoms. The fourth-order valence-electron chi connectivity index (χ4n) is 2.93. The van der Waals surface area contributed by atoms with E-state index in [1.54, 1.807) is 18.2 Å². The highest BCUT2D eigenvalue weighted by Crippen LogP contribution is 2.31. The number of benzene rings is 3. The summed E-state index contributed by atoms with van der Waals surface area (Å²) >= 11 is 6.04. The van der Waals surface area contributed by atoms with E-state index in [2.05, 4.69) is 0 Å². The lowest BCUT2D eigenvalue weighted by Crippen LogP contribution is -2.10. The molecule has 0 amide bonds. The van der Waals surface area contributed by atoms with Crippen molar-refractivity contribution >= 4 is 22.6 Å². The standard InChI is InChI=1S/C23H17ClO3/c1-15-9-11-17(12-10-15)22-23(26-14-16-5-4-6-18(24)13-16)21(25)19-7-2-3-8-20(19)27-22/h2-13H,14H2,1H3. The second-order valence-corrected chi connectivity index (χ2v) is 6.81. The summed E-state index contributed by atoms with van der Waals surface area (Å²) in [6, 6.07) is 22.4. The van der Waals surface area contributed by atoms with Crippen LogP contribution >= 0.6 is 11.6 Å². The lowest BCUT2D eigenvalue weighted by Gasteiger charge is -2.12. The summed E-state index contributed by atoms with van der Waals surface area (Å²) in [5, 5.41) is 1.12. The molecule has 4 aromatic rings. The van der Waals surface area contributed by atoms with Crippen molar-refractivity contribution < 1.29 is 9.15 Å². The molecule has 0 aliphatic carbocycles. The van der Waals surface area contributed by atoms with Gasteiger partial charge in [0.05, 0.1) is 5.39 Å². The summed E-state index contributed by atoms with van der Waals surface area (Å²) in [5.74, 6) is 0.637. The molecule has 0 saturated heterocycles. The van der Waals surface area contributed by atoms with E-state index >= 15 is 0 Å². The van der Waals surface area contributed by atoms with E-state index in [1.807, 2.05) is 61.5 Å². The monoisotopic (exact) mass is 376 g/mol. The van der Waals surface area contributed by atoms with Gasteiger partial charge in [0.1, 0.15) is 12.2 Å². The normalized spacial score (nSPS) is 10.9. The quantitative estimate of drug-likeness (QED) is 0.438. The van der Waals surface area contributed by atoms with E-state index in [1.165, 1.54) is 0 Å². The summed E-state index contributed by atoms with van der Waals surface area (Å²) in [6.07, 6.45) is 0. The Balaban J connectivity index is 1.83. The Bertz CT molecular complexity index is 1160. The smallest absolute Gasteiger partial charge is 0.235 e. The van der Waals surface area contributed by atoms with Crippen LogP contribution in [0.15, 0.2) is 82.0 Å². The minimum absolute atomic E-state index is 0.186. The molecule has 134 valence electrons. The van der Waals surface area contributed by atoms with Gasteiger partial charge in [-0.25, -0.2) is 0 Å². The van der Waals surface area contributed by atoms with E-state index in [4.69, 9.17) is 20.8 Å². The average molecular weight is 377 g/mol. The van der Waals surface area contributed by atoms with E-state index in [0.29, 0.717) is 21.8 Å². The summed E-state index contributed by atoms with van der Waals surface area (Å²) in [5.41, 5.74) is 3.15. The van der Waals surface area contributed by atoms with Crippen LogP contribution in [0.4, 0.5) is 0 Å². The van der Waals surface area contributed by atoms with E-state index < -0.39 is 0 Å². The van der Waals surface area contributed by atoms with Gasteiger partial charge in [0.2, 0.25) is 11.2 Å². The molecule has 4 rings (SSSR count). The van der Waals surface area contributed by atoms with Crippen molar-refractivity contribution in [1.82, 2.24) is 0 Å². The summed E-state index contributed by atoms with van der Waals surface area (Å²) < 4.78 is 12.0. The number of aryl methyl sites for hydroxylation is 1. The van der Waals surface area contributed by atoms with Crippen molar-refractivity contribution in [3.63, 3.8) is 0 Å². The number of rotatable bonds is 4. The van der Waals surface area contributed by atoms with Crippen molar-refractivity contribution in [3.8, 4) is 17.1 Å². The van der Waals surface area contributed by atoms with Gasteiger partial charge >= 0.3 is 0 Å². The highest BCUT2D eigenvalue weighted by atomic mass is 35.5. The van der Waals surface area contributed by atoms with Gasteiger partial charge in [-0.05, 0) is 36.8 Å². The lowest BCUT2D eigenvalue weighted by molar-refractivity contribution is 0.298. The summed E-state index contributed by atoms with van der Waals surface area (Å²) in [6.45, 7) is 2.24. The number of hydrogen-bond donors (Lipinski definition) is 0. The zero-order valence-corrected chi connectivity index (χ0v) is 15.5. The highest BCUT2D eigenvalue weighted by molar-refractivity contribution is 6.30. The van der Waals surface area contributed by atoms with Gasteiger partial charge in [-0.3, -0.25) is 4.79 Å². The number of fused-ring (bicyclic) bond motifs is 1. The molecule has 3 aromatic carbocycles. The average Bonchev–Trinajstić information content (AvgIpc) is 2.68. The number of halogens is 1. The lowest BCUT2D eigenvalue weighted by atomic mass is 10.1. The maximum absolute atomic E-state index is 13.1. The van der Waals surface area contributed by atoms with Crippen LogP contribution in [0.5, 0.6) is 5.75 Å². The number of ether oxygens (including phenoxy) is 1. The van der Waals surface area contributed by atoms with Gasteiger partial charge in [-0.2, -0.15) is 0 Å². The molecule has 1 aromatic heterocycles. The molecular weight excluding hydrogens is 360 g/mol.